The fourth-order valence-corrected chi connectivity index (χ4v) is 3.78. The average Bonchev–Trinajstić information content (AvgIpc) is 2.91. The van der Waals surface area contributed by atoms with Gasteiger partial charge in [0.1, 0.15) is 5.70 Å². The molecule has 37 heavy (non-hydrogen) atoms. The summed E-state index contributed by atoms with van der Waals surface area (Å²) in [4.78, 5) is 28.1. The quantitative estimate of drug-likeness (QED) is 0.202. The monoisotopic (exact) mass is 520 g/mol. The van der Waals surface area contributed by atoms with Gasteiger partial charge in [0.15, 0.2) is 11.5 Å². The maximum atomic E-state index is 13.0. The van der Waals surface area contributed by atoms with E-state index in [1.54, 1.807) is 48.5 Å². The molecule has 0 aliphatic rings. The number of amides is 2. The van der Waals surface area contributed by atoms with E-state index >= 15 is 0 Å². The van der Waals surface area contributed by atoms with Crippen LogP contribution in [0.5, 0.6) is 11.5 Å². The lowest BCUT2D eigenvalue weighted by atomic mass is 10.1. The summed E-state index contributed by atoms with van der Waals surface area (Å²) in [5, 5.41) is 17.0. The van der Waals surface area contributed by atoms with Crippen LogP contribution in [0.4, 0.5) is 5.69 Å². The lowest BCUT2D eigenvalue weighted by molar-refractivity contribution is -0.117. The Balaban J connectivity index is 1.87. The molecule has 3 aromatic carbocycles. The van der Waals surface area contributed by atoms with Crippen molar-refractivity contribution < 1.29 is 19.4 Å². The summed E-state index contributed by atoms with van der Waals surface area (Å²) in [7, 11) is 1.44. The Bertz CT molecular complexity index is 1300. The average molecular weight is 521 g/mol. The molecule has 0 aliphatic carbocycles. The van der Waals surface area contributed by atoms with E-state index in [0.29, 0.717) is 11.1 Å². The maximum absolute atomic E-state index is 13.0. The smallest absolute Gasteiger partial charge is 0.287 e. The third-order valence-electron chi connectivity index (χ3n) is 5.56. The number of nitrogens with one attached hydrogen (secondary N) is 2. The van der Waals surface area contributed by atoms with Crippen LogP contribution in [0.1, 0.15) is 35.3 Å². The number of benzene rings is 3. The van der Waals surface area contributed by atoms with Crippen molar-refractivity contribution in [2.75, 3.05) is 25.1 Å². The summed E-state index contributed by atoms with van der Waals surface area (Å²) in [5.74, 6) is -1.04. The Hall–Kier alpha value is -4.30. The number of carbonyl (C=O) groups excluding carboxylic acids is 2. The molecule has 0 aliphatic heterocycles. The molecule has 3 rings (SSSR count). The predicted molar refractivity (Wildman–Crippen MR) is 147 cm³/mol. The molecule has 8 nitrogen and oxygen atoms in total. The van der Waals surface area contributed by atoms with E-state index in [9.17, 15) is 14.7 Å². The zero-order valence-electron chi connectivity index (χ0n) is 20.9. The number of rotatable bonds is 10. The first-order valence-corrected chi connectivity index (χ1v) is 12.1. The number of carbonyl (C=O) groups is 2. The van der Waals surface area contributed by atoms with Gasteiger partial charge in [-0.3, -0.25) is 9.59 Å². The molecule has 3 aromatic rings. The van der Waals surface area contributed by atoms with Crippen molar-refractivity contribution in [2.24, 2.45) is 5.10 Å². The van der Waals surface area contributed by atoms with Crippen molar-refractivity contribution >= 4 is 41.4 Å². The van der Waals surface area contributed by atoms with E-state index in [2.05, 4.69) is 34.6 Å². The highest BCUT2D eigenvalue weighted by Gasteiger charge is 2.16. The molecular formula is C28H29ClN4O4. The molecule has 192 valence electrons. The predicted octanol–water partition coefficient (Wildman–Crippen LogP) is 4.82. The van der Waals surface area contributed by atoms with Crippen LogP contribution in [0, 0.1) is 0 Å². The minimum Gasteiger partial charge on any atom is -0.504 e. The van der Waals surface area contributed by atoms with Crippen LogP contribution in [0.15, 0.2) is 77.5 Å². The molecule has 0 fully saturated rings. The van der Waals surface area contributed by atoms with E-state index < -0.39 is 11.8 Å². The van der Waals surface area contributed by atoms with Gasteiger partial charge < -0.3 is 20.1 Å². The van der Waals surface area contributed by atoms with Gasteiger partial charge in [0.2, 0.25) is 0 Å². The fourth-order valence-electron chi connectivity index (χ4n) is 3.56. The zero-order chi connectivity index (χ0) is 26.8. The van der Waals surface area contributed by atoms with Crippen LogP contribution in [-0.4, -0.2) is 43.3 Å². The fraction of sp³-hybridized carbons (Fsp3) is 0.179. The van der Waals surface area contributed by atoms with Crippen LogP contribution in [-0.2, 0) is 4.79 Å². The first kappa shape index (κ1) is 27.3. The van der Waals surface area contributed by atoms with Gasteiger partial charge in [-0.05, 0) is 61.9 Å². The number of nitrogens with zero attached hydrogens (tertiary/aromatic N) is 2. The number of halogens is 1. The van der Waals surface area contributed by atoms with Crippen molar-refractivity contribution in [2.45, 2.75) is 13.8 Å². The van der Waals surface area contributed by atoms with Gasteiger partial charge in [-0.15, -0.1) is 0 Å². The largest absolute Gasteiger partial charge is 0.504 e. The standard InChI is InChI=1S/C28H29ClN4O4/c1-4-33(5-2)21-15-13-19(14-16-21)17-24(31-27(35)22-10-6-7-11-23(22)29)28(36)32-30-18-20-9-8-12-25(37-3)26(20)34/h6-18,34H,4-5H2,1-3H3,(H,31,35)(H,32,36)/b24-17+,30-18+. The van der Waals surface area contributed by atoms with Gasteiger partial charge in [0.25, 0.3) is 11.8 Å². The van der Waals surface area contributed by atoms with Crippen LogP contribution in [0.2, 0.25) is 5.02 Å². The van der Waals surface area contributed by atoms with E-state index in [-0.39, 0.29) is 27.8 Å². The molecular weight excluding hydrogens is 492 g/mol. The molecule has 0 aromatic heterocycles. The van der Waals surface area contributed by atoms with E-state index in [1.807, 2.05) is 24.3 Å². The van der Waals surface area contributed by atoms with E-state index in [4.69, 9.17) is 16.3 Å². The molecule has 9 heteroatoms. The Morgan fingerprint density at radius 1 is 1.03 bits per heavy atom. The van der Waals surface area contributed by atoms with Crippen molar-refractivity contribution in [3.63, 3.8) is 0 Å². The minimum atomic E-state index is -0.660. The lowest BCUT2D eigenvalue weighted by Crippen LogP contribution is -2.33. The third kappa shape index (κ3) is 7.11. The number of ether oxygens (including phenoxy) is 1. The number of hydrogen-bond acceptors (Lipinski definition) is 6. The SMILES string of the molecule is CCN(CC)c1ccc(/C=C(/NC(=O)c2ccccc2Cl)C(=O)N/N=C/c2cccc(OC)c2O)cc1. The molecule has 0 unspecified atom stereocenters. The number of hydrogen-bond donors (Lipinski definition) is 3. The van der Waals surface area contributed by atoms with Crippen LogP contribution < -0.4 is 20.4 Å². The third-order valence-corrected chi connectivity index (χ3v) is 5.89. The summed E-state index contributed by atoms with van der Waals surface area (Å²) in [6.45, 7) is 5.90. The molecule has 0 atom stereocenters. The highest BCUT2D eigenvalue weighted by molar-refractivity contribution is 6.34. The first-order chi connectivity index (χ1) is 17.9. The van der Waals surface area contributed by atoms with E-state index in [0.717, 1.165) is 18.8 Å². The second-order valence-electron chi connectivity index (χ2n) is 7.85. The van der Waals surface area contributed by atoms with Gasteiger partial charge in [-0.25, -0.2) is 5.43 Å². The van der Waals surface area contributed by atoms with Gasteiger partial charge in [-0.2, -0.15) is 5.10 Å². The molecule has 0 saturated heterocycles. The maximum Gasteiger partial charge on any atom is 0.287 e. The Morgan fingerprint density at radius 3 is 2.38 bits per heavy atom. The van der Waals surface area contributed by atoms with Crippen molar-refractivity contribution in [3.05, 3.63) is 94.1 Å². The molecule has 0 heterocycles. The molecule has 2 amide bonds. The first-order valence-electron chi connectivity index (χ1n) is 11.7. The summed E-state index contributed by atoms with van der Waals surface area (Å²) in [6.07, 6.45) is 2.83. The van der Waals surface area contributed by atoms with Crippen LogP contribution in [0.3, 0.4) is 0 Å². The number of methoxy groups -OCH3 is 1. The van der Waals surface area contributed by atoms with Gasteiger partial charge >= 0.3 is 0 Å². The number of anilines is 1. The number of phenolic OH excluding ortho intramolecular Hbond substituents is 1. The topological polar surface area (TPSA) is 103 Å². The lowest BCUT2D eigenvalue weighted by Gasteiger charge is -2.21. The zero-order valence-corrected chi connectivity index (χ0v) is 21.6. The van der Waals surface area contributed by atoms with Crippen molar-refractivity contribution in [3.8, 4) is 11.5 Å². The van der Waals surface area contributed by atoms with Crippen LogP contribution in [0.25, 0.3) is 6.08 Å². The molecule has 0 bridgehead atoms. The summed E-state index contributed by atoms with van der Waals surface area (Å²) in [6, 6.07) is 19.1. The highest BCUT2D eigenvalue weighted by Crippen LogP contribution is 2.28. The molecule has 3 N–H and O–H groups in total. The Labute approximate surface area is 221 Å². The van der Waals surface area contributed by atoms with Crippen molar-refractivity contribution in [1.29, 1.82) is 0 Å². The van der Waals surface area contributed by atoms with Crippen LogP contribution >= 0.6 is 11.6 Å². The number of hydrazone groups is 1. The number of phenols is 1. The number of para-hydroxylation sites is 1. The van der Waals surface area contributed by atoms with E-state index in [1.165, 1.54) is 13.3 Å². The Kier molecular flexibility index (Phi) is 9.69. The normalized spacial score (nSPS) is 11.3. The second-order valence-corrected chi connectivity index (χ2v) is 8.26. The summed E-state index contributed by atoms with van der Waals surface area (Å²) in [5.41, 5.74) is 4.68. The van der Waals surface area contributed by atoms with Gasteiger partial charge in [0.05, 0.1) is 23.9 Å². The minimum absolute atomic E-state index is 0.0347. The molecule has 0 radical (unpaired) electrons. The molecule has 0 saturated carbocycles. The van der Waals surface area contributed by atoms with Crippen molar-refractivity contribution in [1.82, 2.24) is 10.7 Å². The summed E-state index contributed by atoms with van der Waals surface area (Å²) >= 11 is 6.16. The number of aromatic hydroxyl groups is 1. The summed E-state index contributed by atoms with van der Waals surface area (Å²) < 4.78 is 5.08. The second kappa shape index (κ2) is 13.1. The molecule has 0 spiro atoms. The highest BCUT2D eigenvalue weighted by atomic mass is 35.5. The van der Waals surface area contributed by atoms with Gasteiger partial charge in [-0.1, -0.05) is 41.9 Å². The van der Waals surface area contributed by atoms with Gasteiger partial charge in [0, 0.05) is 24.3 Å². The Morgan fingerprint density at radius 2 is 1.73 bits per heavy atom.